The maximum atomic E-state index is 13.7. The van der Waals surface area contributed by atoms with Gasteiger partial charge in [-0.1, -0.05) is 6.07 Å². The number of allylic oxidation sites excluding steroid dienone is 1. The Labute approximate surface area is 390 Å². The Morgan fingerprint density at radius 2 is 1.19 bits per heavy atom. The normalized spacial score (nSPS) is 14.0. The van der Waals surface area contributed by atoms with Gasteiger partial charge in [-0.15, -0.1) is 20.5 Å². The fourth-order valence-electron chi connectivity index (χ4n) is 6.52. The number of nitrogen functional groups attached to an aromatic ring is 1. The minimum Gasteiger partial charge on any atom is -0.494 e. The molecule has 0 heterocycles. The first kappa shape index (κ1) is 49.1. The molecule has 8 N–H and O–H groups in total. The van der Waals surface area contributed by atoms with Gasteiger partial charge in [-0.2, -0.15) is 38.8 Å². The molecule has 0 saturated carbocycles. The number of nitrogens with zero attached hydrogens (tertiary/aromatic N) is 5. The van der Waals surface area contributed by atoms with Crippen molar-refractivity contribution in [3.63, 3.8) is 0 Å². The van der Waals surface area contributed by atoms with Gasteiger partial charge in [0.15, 0.2) is 5.71 Å². The van der Waals surface area contributed by atoms with Gasteiger partial charge in [0.1, 0.15) is 38.4 Å². The van der Waals surface area contributed by atoms with E-state index in [0.29, 0.717) is 23.9 Å². The second-order valence-corrected chi connectivity index (χ2v) is 19.9. The van der Waals surface area contributed by atoms with Crippen LogP contribution >= 0.6 is 0 Å². The highest BCUT2D eigenvalue weighted by atomic mass is 32.2. The molecule has 356 valence electrons. The van der Waals surface area contributed by atoms with Crippen LogP contribution in [0.15, 0.2) is 148 Å². The fraction of sp³-hybridized carbons (Fsp3) is 0.0488. The van der Waals surface area contributed by atoms with Crippen molar-refractivity contribution in [1.29, 1.82) is 0 Å². The highest BCUT2D eigenvalue weighted by Crippen LogP contribution is 2.42. The highest BCUT2D eigenvalue weighted by Gasteiger charge is 2.33. The van der Waals surface area contributed by atoms with E-state index in [1.165, 1.54) is 87.0 Å². The quantitative estimate of drug-likeness (QED) is 0.0246. The maximum Gasteiger partial charge on any atom is 0.296 e. The summed E-state index contributed by atoms with van der Waals surface area (Å²) in [6.45, 7) is 0. The first-order chi connectivity index (χ1) is 32.3. The van der Waals surface area contributed by atoms with E-state index in [9.17, 15) is 61.5 Å². The molecular weight excluding hydrogens is 989 g/mol. The first-order valence-corrected chi connectivity index (χ1v) is 24.7. The molecule has 6 aromatic rings. The zero-order valence-corrected chi connectivity index (χ0v) is 38.3. The third kappa shape index (κ3) is 10.8. The van der Waals surface area contributed by atoms with Crippen molar-refractivity contribution in [1.82, 2.24) is 0 Å². The summed E-state index contributed by atoms with van der Waals surface area (Å²) in [5, 5.41) is 22.9. The number of benzene rings is 6. The lowest BCUT2D eigenvalue weighted by molar-refractivity contribution is 0.102. The van der Waals surface area contributed by atoms with Crippen LogP contribution in [0, 0.1) is 0 Å². The number of carbonyl (C=O) groups is 2. The van der Waals surface area contributed by atoms with Gasteiger partial charge in [0.25, 0.3) is 46.4 Å². The van der Waals surface area contributed by atoms with Gasteiger partial charge >= 0.3 is 0 Å². The summed E-state index contributed by atoms with van der Waals surface area (Å²) in [4.78, 5) is 23.4. The molecule has 0 spiro atoms. The molecule has 0 saturated heterocycles. The van der Waals surface area contributed by atoms with Gasteiger partial charge in [0.2, 0.25) is 5.78 Å². The second kappa shape index (κ2) is 18.7. The van der Waals surface area contributed by atoms with E-state index in [-0.39, 0.29) is 67.4 Å². The zero-order chi connectivity index (χ0) is 50.2. The van der Waals surface area contributed by atoms with E-state index in [1.807, 2.05) is 0 Å². The maximum absolute atomic E-state index is 13.7. The molecule has 0 fully saturated rings. The average Bonchev–Trinajstić information content (AvgIpc) is 3.28. The number of azo groups is 2. The minimum absolute atomic E-state index is 0.0212. The van der Waals surface area contributed by atoms with Crippen molar-refractivity contribution >= 4 is 115 Å². The number of Topliss-reactive ketones (excluding diaryl/α,β-unsaturated/α-hetero) is 1. The number of ketones is 1. The summed E-state index contributed by atoms with van der Waals surface area (Å²) < 4.78 is 147. The Morgan fingerprint density at radius 1 is 0.594 bits per heavy atom. The average molecular weight is 1020 g/mol. The predicted octanol–water partition coefficient (Wildman–Crippen LogP) is 7.16. The molecule has 0 aromatic heterocycles. The molecule has 0 radical (unpaired) electrons. The summed E-state index contributed by atoms with van der Waals surface area (Å²) in [7, 11) is -17.3. The van der Waals surface area contributed by atoms with E-state index in [4.69, 9.17) is 15.2 Å². The van der Waals surface area contributed by atoms with E-state index in [0.717, 1.165) is 18.2 Å². The van der Waals surface area contributed by atoms with Crippen molar-refractivity contribution < 1.29 is 70.9 Å². The molecule has 69 heavy (non-hydrogen) atoms. The first-order valence-electron chi connectivity index (χ1n) is 19.0. The van der Waals surface area contributed by atoms with Crippen LogP contribution in [0.25, 0.3) is 16.8 Å². The second-order valence-electron chi connectivity index (χ2n) is 14.3. The van der Waals surface area contributed by atoms with Gasteiger partial charge in [-0.3, -0.25) is 33.2 Å². The highest BCUT2D eigenvalue weighted by molar-refractivity contribution is 7.91. The van der Waals surface area contributed by atoms with Gasteiger partial charge < -0.3 is 20.5 Å². The molecule has 24 nitrogen and oxygen atoms in total. The summed E-state index contributed by atoms with van der Waals surface area (Å²) in [6.07, 6.45) is 0.996. The van der Waals surface area contributed by atoms with Crippen molar-refractivity contribution in [3.8, 4) is 11.5 Å². The largest absolute Gasteiger partial charge is 0.494 e. The molecule has 0 unspecified atom stereocenters. The Morgan fingerprint density at radius 3 is 1.80 bits per heavy atom. The van der Waals surface area contributed by atoms with Crippen LogP contribution in [0.2, 0.25) is 0 Å². The third-order valence-electron chi connectivity index (χ3n) is 9.81. The summed E-state index contributed by atoms with van der Waals surface area (Å²) in [6, 6.07) is 20.4. The van der Waals surface area contributed by atoms with Crippen LogP contribution < -0.4 is 25.9 Å². The number of nitrogens with two attached hydrogens (primary N) is 1. The molecule has 0 bridgehead atoms. The Hall–Kier alpha value is -7.83. The molecule has 1 aliphatic carbocycles. The number of carbonyl (C=O) groups excluding carboxylic acids is 2. The molecule has 0 aliphatic heterocycles. The Kier molecular flexibility index (Phi) is 13.3. The number of hydrazone groups is 1. The number of ether oxygens (including phenoxy) is 2. The molecule has 7 rings (SSSR count). The van der Waals surface area contributed by atoms with Crippen LogP contribution in [-0.2, 0) is 40.5 Å². The van der Waals surface area contributed by atoms with Crippen molar-refractivity contribution in [2.45, 2.75) is 14.7 Å². The standard InChI is InChI=1S/C41H32N8O16S4/c1-64-35-20-33(47-49-39-38(69(61,62)63)16-22-15-24(7-10-27(22)40(39)50)43-41(51)21-3-5-23(42)6-4-21)36(65-2)19-32(35)46-45-31-13-12-30(28-11-8-25(17-29(28)31)66(52,53)54)44-48-34-18-26(67(55,56)57)9-14-37(34)68(58,59)60/h3-20,47H,42H2,1-2H3,(H,43,51)(H,52,53,54)(H,55,56,57)(H,58,59,60)(H,61,62,63)/b46-45?,48-44?,49-39-. The molecule has 6 aromatic carbocycles. The lowest BCUT2D eigenvalue weighted by Gasteiger charge is -2.18. The molecule has 1 aliphatic rings. The summed E-state index contributed by atoms with van der Waals surface area (Å²) in [5.41, 5.74) is 7.50. The van der Waals surface area contributed by atoms with E-state index >= 15 is 0 Å². The Balaban J connectivity index is 1.22. The van der Waals surface area contributed by atoms with Gasteiger partial charge in [-0.05, 0) is 96.6 Å². The van der Waals surface area contributed by atoms with Crippen LogP contribution in [0.5, 0.6) is 11.5 Å². The van der Waals surface area contributed by atoms with Crippen LogP contribution in [-0.4, -0.2) is 83.5 Å². The predicted molar refractivity (Wildman–Crippen MR) is 248 cm³/mol. The number of fused-ring (bicyclic) bond motifs is 2. The van der Waals surface area contributed by atoms with Crippen LogP contribution in [0.3, 0.4) is 0 Å². The smallest absolute Gasteiger partial charge is 0.296 e. The van der Waals surface area contributed by atoms with Crippen LogP contribution in [0.4, 0.5) is 39.8 Å². The van der Waals surface area contributed by atoms with Crippen molar-refractivity contribution in [3.05, 3.63) is 125 Å². The van der Waals surface area contributed by atoms with Crippen LogP contribution in [0.1, 0.15) is 26.3 Å². The zero-order valence-electron chi connectivity index (χ0n) is 35.0. The molecule has 1 amide bonds. The number of nitrogens with one attached hydrogen (secondary N) is 2. The number of anilines is 3. The lowest BCUT2D eigenvalue weighted by atomic mass is 9.94. The Bertz CT molecular complexity index is 3750. The van der Waals surface area contributed by atoms with E-state index < -0.39 is 83.2 Å². The summed E-state index contributed by atoms with van der Waals surface area (Å²) >= 11 is 0. The molecular formula is C41H32N8O16S4. The van der Waals surface area contributed by atoms with Crippen molar-refractivity contribution in [2.75, 3.05) is 30.7 Å². The van der Waals surface area contributed by atoms with Gasteiger partial charge in [0.05, 0.1) is 35.4 Å². The number of rotatable bonds is 14. The monoisotopic (exact) mass is 1020 g/mol. The topological polar surface area (TPSA) is 382 Å². The minimum atomic E-state index is -5.10. The van der Waals surface area contributed by atoms with Gasteiger partial charge in [-0.25, -0.2) is 0 Å². The molecule has 0 atom stereocenters. The number of amides is 1. The van der Waals surface area contributed by atoms with Crippen molar-refractivity contribution in [2.24, 2.45) is 25.6 Å². The fourth-order valence-corrected chi connectivity index (χ4v) is 8.79. The molecule has 28 heteroatoms. The third-order valence-corrected chi connectivity index (χ3v) is 13.3. The van der Waals surface area contributed by atoms with E-state index in [2.05, 4.69) is 36.3 Å². The lowest BCUT2D eigenvalue weighted by Crippen LogP contribution is -2.27. The number of methoxy groups -OCH3 is 2. The number of hydrogen-bond acceptors (Lipinski definition) is 19. The number of hydrogen-bond donors (Lipinski definition) is 7. The SMILES string of the molecule is COc1cc(N/N=C2\C(=O)c3ccc(NC(=O)c4ccc(N)cc4)cc3C=C2S(=O)(=O)O)c(OC)cc1N=Nc1ccc(N=Nc2cc(S(=O)(=O)O)ccc2S(=O)(=O)O)c2ccc(S(=O)(=O)O)cc12. The van der Waals surface area contributed by atoms with Gasteiger partial charge in [0, 0.05) is 45.4 Å². The summed E-state index contributed by atoms with van der Waals surface area (Å²) in [5.74, 6) is -1.51. The van der Waals surface area contributed by atoms with E-state index in [1.54, 1.807) is 0 Å².